The van der Waals surface area contributed by atoms with Gasteiger partial charge in [-0.3, -0.25) is 9.80 Å². The van der Waals surface area contributed by atoms with Crippen LogP contribution in [0.25, 0.3) is 10.9 Å². The first-order chi connectivity index (χ1) is 18.3. The van der Waals surface area contributed by atoms with Gasteiger partial charge in [-0.15, -0.1) is 0 Å². The first-order valence-corrected chi connectivity index (χ1v) is 13.8. The molecule has 5 heteroatoms. The van der Waals surface area contributed by atoms with Crippen LogP contribution in [0.1, 0.15) is 23.2 Å². The van der Waals surface area contributed by atoms with Crippen LogP contribution in [-0.2, 0) is 26.1 Å². The third kappa shape index (κ3) is 5.11. The Morgan fingerprint density at radius 1 is 0.730 bits per heavy atom. The number of methoxy groups -OCH3 is 1. The second kappa shape index (κ2) is 11.0. The van der Waals surface area contributed by atoms with Crippen LogP contribution in [0.15, 0.2) is 78.9 Å². The second-order valence-corrected chi connectivity index (χ2v) is 10.4. The number of benzene rings is 3. The Morgan fingerprint density at radius 3 is 2.32 bits per heavy atom. The molecule has 2 aliphatic heterocycles. The maximum atomic E-state index is 5.59. The van der Waals surface area contributed by atoms with E-state index in [-0.39, 0.29) is 0 Å². The van der Waals surface area contributed by atoms with E-state index < -0.39 is 0 Å². The Bertz CT molecular complexity index is 1320. The second-order valence-electron chi connectivity index (χ2n) is 10.4. The average Bonchev–Trinajstić information content (AvgIpc) is 3.27. The summed E-state index contributed by atoms with van der Waals surface area (Å²) in [5, 5.41) is 1.45. The number of para-hydroxylation sites is 3. The molecule has 0 N–H and O–H groups in total. The van der Waals surface area contributed by atoms with Crippen molar-refractivity contribution in [3.05, 3.63) is 95.7 Å². The number of ether oxygens (including phenoxy) is 1. The lowest BCUT2D eigenvalue weighted by atomic mass is 10.0. The molecular formula is C32H38N4O. The smallest absolute Gasteiger partial charge is 0.142 e. The van der Waals surface area contributed by atoms with E-state index in [0.717, 1.165) is 71.1 Å². The van der Waals surface area contributed by atoms with Crippen LogP contribution < -0.4 is 9.64 Å². The number of aryl methyl sites for hydroxylation is 1. The Balaban J connectivity index is 1.09. The Morgan fingerprint density at radius 2 is 1.49 bits per heavy atom. The first-order valence-electron chi connectivity index (χ1n) is 13.8. The largest absolute Gasteiger partial charge is 0.495 e. The molecule has 0 saturated carbocycles. The maximum absolute atomic E-state index is 5.59. The Hall–Kier alpha value is -3.28. The fourth-order valence-electron chi connectivity index (χ4n) is 6.24. The highest BCUT2D eigenvalue weighted by Crippen LogP contribution is 2.32. The lowest BCUT2D eigenvalue weighted by Crippen LogP contribution is -2.46. The maximum Gasteiger partial charge on any atom is 0.142 e. The minimum atomic E-state index is 0.975. The summed E-state index contributed by atoms with van der Waals surface area (Å²) in [6.45, 7) is 9.78. The molecule has 0 aliphatic carbocycles. The van der Waals surface area contributed by atoms with E-state index in [9.17, 15) is 0 Å². The SMILES string of the molecule is COc1ccccc1N1CCN(CCCn2c3c(c4ccccc42)CN(Cc2ccccc2)CC3)CC1. The molecule has 192 valence electrons. The van der Waals surface area contributed by atoms with Crippen molar-refractivity contribution in [2.24, 2.45) is 0 Å². The normalized spacial score (nSPS) is 16.7. The van der Waals surface area contributed by atoms with Gasteiger partial charge >= 0.3 is 0 Å². The molecule has 6 rings (SSSR count). The van der Waals surface area contributed by atoms with Gasteiger partial charge in [-0.1, -0.05) is 60.7 Å². The minimum absolute atomic E-state index is 0.975. The summed E-state index contributed by atoms with van der Waals surface area (Å²) in [7, 11) is 1.76. The van der Waals surface area contributed by atoms with Gasteiger partial charge in [0.25, 0.3) is 0 Å². The number of nitrogens with zero attached hydrogens (tertiary/aromatic N) is 4. The number of hydrogen-bond acceptors (Lipinski definition) is 4. The molecule has 0 bridgehead atoms. The molecule has 3 aromatic carbocycles. The van der Waals surface area contributed by atoms with E-state index in [1.807, 2.05) is 6.07 Å². The molecule has 3 heterocycles. The highest BCUT2D eigenvalue weighted by Gasteiger charge is 2.24. The molecule has 2 aliphatic rings. The van der Waals surface area contributed by atoms with E-state index >= 15 is 0 Å². The number of rotatable bonds is 8. The predicted octanol–water partition coefficient (Wildman–Crippen LogP) is 5.42. The molecule has 0 spiro atoms. The summed E-state index contributed by atoms with van der Waals surface area (Å²) in [5.74, 6) is 0.975. The quantitative estimate of drug-likeness (QED) is 0.326. The zero-order chi connectivity index (χ0) is 25.0. The van der Waals surface area contributed by atoms with Crippen LogP contribution in [0.5, 0.6) is 5.75 Å². The number of hydrogen-bond donors (Lipinski definition) is 0. The van der Waals surface area contributed by atoms with Crippen molar-refractivity contribution in [1.82, 2.24) is 14.4 Å². The van der Waals surface area contributed by atoms with Gasteiger partial charge in [-0.2, -0.15) is 0 Å². The number of anilines is 1. The van der Waals surface area contributed by atoms with E-state index in [1.54, 1.807) is 18.4 Å². The summed E-state index contributed by atoms with van der Waals surface area (Å²) in [4.78, 5) is 7.70. The average molecular weight is 495 g/mol. The van der Waals surface area contributed by atoms with Gasteiger partial charge in [0, 0.05) is 75.4 Å². The highest BCUT2D eigenvalue weighted by molar-refractivity contribution is 5.85. The van der Waals surface area contributed by atoms with Gasteiger partial charge in [0.2, 0.25) is 0 Å². The Labute approximate surface area is 220 Å². The van der Waals surface area contributed by atoms with Crippen molar-refractivity contribution in [3.63, 3.8) is 0 Å². The van der Waals surface area contributed by atoms with Crippen LogP contribution in [0.4, 0.5) is 5.69 Å². The summed E-state index contributed by atoms with van der Waals surface area (Å²) in [5.41, 5.74) is 7.14. The van der Waals surface area contributed by atoms with Gasteiger partial charge in [0.05, 0.1) is 12.8 Å². The van der Waals surface area contributed by atoms with E-state index in [2.05, 4.69) is 92.1 Å². The molecule has 37 heavy (non-hydrogen) atoms. The standard InChI is InChI=1S/C32H38N4O/c1-37-32-15-8-7-14-31(32)35-22-20-33(21-23-35)17-9-18-36-29-13-6-5-12-27(29)28-25-34(19-16-30(28)36)24-26-10-3-2-4-11-26/h2-8,10-15H,9,16-25H2,1H3. The fourth-order valence-corrected chi connectivity index (χ4v) is 6.24. The highest BCUT2D eigenvalue weighted by atomic mass is 16.5. The lowest BCUT2D eigenvalue weighted by molar-refractivity contribution is 0.239. The molecule has 5 nitrogen and oxygen atoms in total. The van der Waals surface area contributed by atoms with Gasteiger partial charge in [0.15, 0.2) is 0 Å². The van der Waals surface area contributed by atoms with Gasteiger partial charge < -0.3 is 14.2 Å². The number of fused-ring (bicyclic) bond motifs is 3. The van der Waals surface area contributed by atoms with Crippen molar-refractivity contribution < 1.29 is 4.74 Å². The van der Waals surface area contributed by atoms with Gasteiger partial charge in [-0.25, -0.2) is 0 Å². The molecular weight excluding hydrogens is 456 g/mol. The van der Waals surface area contributed by atoms with E-state index in [4.69, 9.17) is 4.74 Å². The van der Waals surface area contributed by atoms with Crippen LogP contribution in [0, 0.1) is 0 Å². The molecule has 0 atom stereocenters. The fraction of sp³-hybridized carbons (Fsp3) is 0.375. The zero-order valence-electron chi connectivity index (χ0n) is 22.0. The van der Waals surface area contributed by atoms with Crippen LogP contribution in [-0.4, -0.2) is 60.7 Å². The molecule has 0 unspecified atom stereocenters. The summed E-state index contributed by atoms with van der Waals surface area (Å²) >= 11 is 0. The molecule has 0 amide bonds. The predicted molar refractivity (Wildman–Crippen MR) is 152 cm³/mol. The van der Waals surface area contributed by atoms with Crippen LogP contribution >= 0.6 is 0 Å². The van der Waals surface area contributed by atoms with Crippen molar-refractivity contribution >= 4 is 16.6 Å². The minimum Gasteiger partial charge on any atom is -0.495 e. The molecule has 1 saturated heterocycles. The molecule has 1 fully saturated rings. The van der Waals surface area contributed by atoms with E-state index in [0.29, 0.717) is 0 Å². The van der Waals surface area contributed by atoms with Crippen LogP contribution in [0.3, 0.4) is 0 Å². The topological polar surface area (TPSA) is 23.9 Å². The van der Waals surface area contributed by atoms with Crippen molar-refractivity contribution in [1.29, 1.82) is 0 Å². The molecule has 4 aromatic rings. The third-order valence-electron chi connectivity index (χ3n) is 8.14. The summed E-state index contributed by atoms with van der Waals surface area (Å²) in [6, 6.07) is 28.3. The summed E-state index contributed by atoms with van der Waals surface area (Å²) in [6.07, 6.45) is 2.32. The number of aromatic nitrogens is 1. The van der Waals surface area contributed by atoms with Gasteiger partial charge in [0.1, 0.15) is 5.75 Å². The summed E-state index contributed by atoms with van der Waals surface area (Å²) < 4.78 is 8.22. The molecule has 0 radical (unpaired) electrons. The van der Waals surface area contributed by atoms with Gasteiger partial charge in [-0.05, 0) is 42.3 Å². The first kappa shape index (κ1) is 24.1. The molecule has 1 aromatic heterocycles. The van der Waals surface area contributed by atoms with Crippen molar-refractivity contribution in [2.75, 3.05) is 51.3 Å². The van der Waals surface area contributed by atoms with Crippen LogP contribution in [0.2, 0.25) is 0 Å². The monoisotopic (exact) mass is 494 g/mol. The number of piperazine rings is 1. The van der Waals surface area contributed by atoms with E-state index in [1.165, 1.54) is 28.6 Å². The zero-order valence-corrected chi connectivity index (χ0v) is 22.0. The van der Waals surface area contributed by atoms with Crippen molar-refractivity contribution in [2.45, 2.75) is 32.5 Å². The third-order valence-corrected chi connectivity index (χ3v) is 8.14. The lowest BCUT2D eigenvalue weighted by Gasteiger charge is -2.36. The van der Waals surface area contributed by atoms with Crippen molar-refractivity contribution in [3.8, 4) is 5.75 Å². The Kier molecular flexibility index (Phi) is 7.16.